The summed E-state index contributed by atoms with van der Waals surface area (Å²) in [7, 11) is 2.14. The molecule has 0 unspecified atom stereocenters. The average Bonchev–Trinajstić information content (AvgIpc) is 2.75. The van der Waals surface area contributed by atoms with Gasteiger partial charge in [0, 0.05) is 15.9 Å². The van der Waals surface area contributed by atoms with E-state index in [0.29, 0.717) is 5.92 Å². The van der Waals surface area contributed by atoms with Crippen molar-refractivity contribution in [3.8, 4) is 11.3 Å². The van der Waals surface area contributed by atoms with Crippen molar-refractivity contribution in [1.82, 2.24) is 0 Å². The molecule has 0 saturated carbocycles. The summed E-state index contributed by atoms with van der Waals surface area (Å²) >= 11 is 1.87. The zero-order valence-electron chi connectivity index (χ0n) is 18.1. The lowest BCUT2D eigenvalue weighted by atomic mass is 9.87. The summed E-state index contributed by atoms with van der Waals surface area (Å²) in [5.41, 5.74) is 5.34. The summed E-state index contributed by atoms with van der Waals surface area (Å²) in [6, 6.07) is 18.2. The molecule has 0 N–H and O–H groups in total. The highest BCUT2D eigenvalue weighted by Gasteiger charge is 2.33. The SMILES string of the molecule is Cc1c2c(c(C(C)C)c3ccccc13)Sc1c3ccc(F)cc3cc3cc[n+](C)c-2c13. The van der Waals surface area contributed by atoms with E-state index < -0.39 is 0 Å². The van der Waals surface area contributed by atoms with E-state index >= 15 is 0 Å². The second-order valence-electron chi connectivity index (χ2n) is 8.86. The molecule has 3 heteroatoms. The van der Waals surface area contributed by atoms with Crippen LogP contribution in [0.2, 0.25) is 0 Å². The lowest BCUT2D eigenvalue weighted by Crippen LogP contribution is -2.32. The second kappa shape index (κ2) is 6.54. The van der Waals surface area contributed by atoms with Gasteiger partial charge in [0.05, 0.1) is 10.9 Å². The highest BCUT2D eigenvalue weighted by molar-refractivity contribution is 8.00. The molecule has 0 bridgehead atoms. The van der Waals surface area contributed by atoms with Gasteiger partial charge < -0.3 is 0 Å². The number of pyridine rings is 1. The molecule has 0 aliphatic carbocycles. The van der Waals surface area contributed by atoms with Crippen LogP contribution in [0.3, 0.4) is 0 Å². The zero-order chi connectivity index (χ0) is 21.4. The Balaban J connectivity index is 1.88. The molecular formula is C28H23FNS+. The Morgan fingerprint density at radius 3 is 2.42 bits per heavy atom. The van der Waals surface area contributed by atoms with Crippen LogP contribution in [-0.2, 0) is 7.05 Å². The number of nitrogens with zero attached hydrogens (tertiary/aromatic N) is 1. The van der Waals surface area contributed by atoms with Gasteiger partial charge in [0.25, 0.3) is 0 Å². The summed E-state index contributed by atoms with van der Waals surface area (Å²) in [6.07, 6.45) is 2.13. The van der Waals surface area contributed by atoms with E-state index in [1.165, 1.54) is 48.3 Å². The smallest absolute Gasteiger partial charge is 0.207 e. The number of hydrogen-bond donors (Lipinski definition) is 0. The van der Waals surface area contributed by atoms with Gasteiger partial charge in [0.1, 0.15) is 12.9 Å². The van der Waals surface area contributed by atoms with E-state index in [9.17, 15) is 4.39 Å². The third kappa shape index (κ3) is 2.53. The average molecular weight is 425 g/mol. The molecule has 1 nitrogen and oxygen atoms in total. The quantitative estimate of drug-likeness (QED) is 0.193. The van der Waals surface area contributed by atoms with E-state index in [2.05, 4.69) is 75.0 Å². The summed E-state index contributed by atoms with van der Waals surface area (Å²) in [4.78, 5) is 2.58. The number of halogens is 1. The Kier molecular flexibility index (Phi) is 3.97. The highest BCUT2D eigenvalue weighted by atomic mass is 32.2. The summed E-state index contributed by atoms with van der Waals surface area (Å²) < 4.78 is 16.3. The van der Waals surface area contributed by atoms with E-state index in [1.54, 1.807) is 12.1 Å². The Hall–Kier alpha value is -2.91. The van der Waals surface area contributed by atoms with Crippen LogP contribution in [0.15, 0.2) is 70.6 Å². The fourth-order valence-electron chi connectivity index (χ4n) is 5.26. The molecule has 31 heavy (non-hydrogen) atoms. The predicted molar refractivity (Wildman–Crippen MR) is 128 cm³/mol. The Labute approximate surface area is 185 Å². The molecule has 0 saturated heterocycles. The van der Waals surface area contributed by atoms with Crippen LogP contribution in [0.25, 0.3) is 43.6 Å². The van der Waals surface area contributed by atoms with Gasteiger partial charge >= 0.3 is 0 Å². The Morgan fingerprint density at radius 2 is 1.65 bits per heavy atom. The lowest BCUT2D eigenvalue weighted by molar-refractivity contribution is -0.659. The third-order valence-electron chi connectivity index (χ3n) is 6.64. The van der Waals surface area contributed by atoms with Crippen LogP contribution in [0, 0.1) is 12.7 Å². The molecule has 0 amide bonds. The standard InChI is InChI=1S/C28H23FNS/c1-15(2)23-22-8-6-5-7-20(22)16(3)24-26-25-17(11-12-30(26)4)13-18-14-19(29)9-10-21(18)27(25)31-28(23)24/h5-15H,1-4H3/q+1. The van der Waals surface area contributed by atoms with Gasteiger partial charge in [-0.15, -0.1) is 0 Å². The first-order chi connectivity index (χ1) is 15.0. The van der Waals surface area contributed by atoms with Gasteiger partial charge in [-0.1, -0.05) is 55.9 Å². The summed E-state index contributed by atoms with van der Waals surface area (Å²) in [5, 5.41) is 7.19. The number of benzene rings is 4. The van der Waals surface area contributed by atoms with Gasteiger partial charge in [-0.05, 0) is 69.1 Å². The van der Waals surface area contributed by atoms with Crippen molar-refractivity contribution in [2.75, 3.05) is 0 Å². The largest absolute Gasteiger partial charge is 0.222 e. The van der Waals surface area contributed by atoms with Gasteiger partial charge in [-0.3, -0.25) is 0 Å². The maximum atomic E-state index is 14.1. The molecule has 0 spiro atoms. The molecule has 1 aliphatic rings. The first-order valence-corrected chi connectivity index (χ1v) is 11.6. The number of hydrogen-bond acceptors (Lipinski definition) is 1. The van der Waals surface area contributed by atoms with Crippen molar-refractivity contribution >= 4 is 44.1 Å². The van der Waals surface area contributed by atoms with E-state index in [0.717, 1.165) is 16.2 Å². The van der Waals surface area contributed by atoms with Gasteiger partial charge in [0.2, 0.25) is 5.69 Å². The third-order valence-corrected chi connectivity index (χ3v) is 7.89. The molecule has 152 valence electrons. The van der Waals surface area contributed by atoms with Gasteiger partial charge in [-0.25, -0.2) is 8.96 Å². The number of aryl methyl sites for hydroxylation is 2. The zero-order valence-corrected chi connectivity index (χ0v) is 18.9. The first-order valence-electron chi connectivity index (χ1n) is 10.7. The van der Waals surface area contributed by atoms with Crippen molar-refractivity contribution < 1.29 is 8.96 Å². The maximum absolute atomic E-state index is 14.1. The van der Waals surface area contributed by atoms with Crippen molar-refractivity contribution in [3.05, 3.63) is 77.7 Å². The summed E-state index contributed by atoms with van der Waals surface area (Å²) in [6.45, 7) is 6.82. The molecule has 2 heterocycles. The molecule has 0 radical (unpaired) electrons. The van der Waals surface area contributed by atoms with Crippen LogP contribution in [-0.4, -0.2) is 0 Å². The van der Waals surface area contributed by atoms with Crippen LogP contribution >= 0.6 is 11.8 Å². The van der Waals surface area contributed by atoms with Gasteiger partial charge in [0.15, 0.2) is 6.20 Å². The first kappa shape index (κ1) is 18.8. The molecule has 4 aromatic carbocycles. The molecule has 0 atom stereocenters. The van der Waals surface area contributed by atoms with Crippen LogP contribution in [0.4, 0.5) is 4.39 Å². The predicted octanol–water partition coefficient (Wildman–Crippen LogP) is 7.67. The molecule has 1 aromatic heterocycles. The fourth-order valence-corrected chi connectivity index (χ4v) is 6.89. The van der Waals surface area contributed by atoms with Crippen molar-refractivity contribution in [2.45, 2.75) is 36.5 Å². The minimum Gasteiger partial charge on any atom is -0.207 e. The molecular weight excluding hydrogens is 401 g/mol. The normalized spacial score (nSPS) is 12.8. The fraction of sp³-hybridized carbons (Fsp3) is 0.179. The van der Waals surface area contributed by atoms with Crippen LogP contribution in [0.5, 0.6) is 0 Å². The minimum absolute atomic E-state index is 0.188. The Bertz CT molecular complexity index is 1570. The number of rotatable bonds is 1. The van der Waals surface area contributed by atoms with Gasteiger partial charge in [-0.2, -0.15) is 0 Å². The van der Waals surface area contributed by atoms with E-state index in [4.69, 9.17) is 0 Å². The van der Waals surface area contributed by atoms with E-state index in [-0.39, 0.29) is 5.82 Å². The number of fused-ring (bicyclic) bond motifs is 5. The summed E-state index contributed by atoms with van der Waals surface area (Å²) in [5.74, 6) is 0.205. The van der Waals surface area contributed by atoms with Crippen LogP contribution < -0.4 is 4.57 Å². The maximum Gasteiger partial charge on any atom is 0.222 e. The highest BCUT2D eigenvalue weighted by Crippen LogP contribution is 2.54. The van der Waals surface area contributed by atoms with Crippen molar-refractivity contribution in [2.24, 2.45) is 7.05 Å². The molecule has 0 fully saturated rings. The molecule has 1 aliphatic heterocycles. The molecule has 5 aromatic rings. The van der Waals surface area contributed by atoms with Crippen molar-refractivity contribution in [3.63, 3.8) is 0 Å². The topological polar surface area (TPSA) is 3.88 Å². The van der Waals surface area contributed by atoms with Crippen LogP contribution in [0.1, 0.15) is 30.9 Å². The number of aromatic nitrogens is 1. The lowest BCUT2D eigenvalue weighted by Gasteiger charge is -2.26. The molecule has 6 rings (SSSR count). The van der Waals surface area contributed by atoms with Crippen molar-refractivity contribution in [1.29, 1.82) is 0 Å². The Morgan fingerprint density at radius 1 is 0.871 bits per heavy atom. The minimum atomic E-state index is -0.188. The monoisotopic (exact) mass is 424 g/mol. The second-order valence-corrected chi connectivity index (χ2v) is 9.88. The van der Waals surface area contributed by atoms with E-state index in [1.807, 2.05) is 17.8 Å².